The minimum Gasteiger partial charge on any atom is -0.379 e. The topological polar surface area (TPSA) is 89.0 Å². The summed E-state index contributed by atoms with van der Waals surface area (Å²) < 4.78 is 56.6. The largest absolute Gasteiger partial charge is 0.433 e. The Morgan fingerprint density at radius 1 is 1.22 bits per heavy atom. The molecule has 1 saturated carbocycles. The Morgan fingerprint density at radius 3 is 2.83 bits per heavy atom. The molecule has 1 N–H and O–H groups in total. The van der Waals surface area contributed by atoms with Gasteiger partial charge in [-0.2, -0.15) is 13.2 Å². The second kappa shape index (κ2) is 9.07. The van der Waals surface area contributed by atoms with Crippen LogP contribution in [0.25, 0.3) is 0 Å². The summed E-state index contributed by atoms with van der Waals surface area (Å²) in [5.41, 5.74) is -1.49. The Hall–Kier alpha value is -2.02. The van der Waals surface area contributed by atoms with Gasteiger partial charge in [-0.1, -0.05) is 0 Å². The standard InChI is InChI=1S/C24H32F3N5O4/c1-34-18-12-35-4-2-17(18)30-14-6-20-23(9-14,3-5-36-20)22(33)32-11-15-7-16(32)10-31(15)21-8-19(24(25,26)27)28-13-29-21/h8,13-18,20,30H,2-7,9-12H2,1H3/t14-,15?,16?,17?,18?,20-,23-/m1/s1. The van der Waals surface area contributed by atoms with Crippen LogP contribution in [0.4, 0.5) is 19.0 Å². The molecule has 5 fully saturated rings. The zero-order chi connectivity index (χ0) is 25.1. The zero-order valence-corrected chi connectivity index (χ0v) is 20.2. The van der Waals surface area contributed by atoms with Gasteiger partial charge in [-0.3, -0.25) is 4.79 Å². The third kappa shape index (κ3) is 4.06. The number of nitrogens with one attached hydrogen (secondary N) is 1. The van der Waals surface area contributed by atoms with Crippen LogP contribution >= 0.6 is 0 Å². The number of amides is 1. The Labute approximate surface area is 207 Å². The van der Waals surface area contributed by atoms with Gasteiger partial charge in [-0.15, -0.1) is 0 Å². The minimum atomic E-state index is -4.52. The second-order valence-electron chi connectivity index (χ2n) is 10.7. The monoisotopic (exact) mass is 511 g/mol. The van der Waals surface area contributed by atoms with E-state index in [9.17, 15) is 18.0 Å². The van der Waals surface area contributed by atoms with E-state index in [4.69, 9.17) is 14.2 Å². The molecular weight excluding hydrogens is 479 g/mol. The van der Waals surface area contributed by atoms with Gasteiger partial charge < -0.3 is 29.3 Å². The molecule has 12 heteroatoms. The van der Waals surface area contributed by atoms with Crippen LogP contribution in [0, 0.1) is 5.41 Å². The molecule has 198 valence electrons. The molecule has 1 aromatic rings. The smallest absolute Gasteiger partial charge is 0.379 e. The molecule has 5 heterocycles. The van der Waals surface area contributed by atoms with Gasteiger partial charge in [0.15, 0.2) is 0 Å². The van der Waals surface area contributed by atoms with Crippen molar-refractivity contribution in [1.82, 2.24) is 20.2 Å². The van der Waals surface area contributed by atoms with Crippen LogP contribution in [-0.4, -0.2) is 97.2 Å². The fourth-order valence-electron chi connectivity index (χ4n) is 7.05. The maximum Gasteiger partial charge on any atom is 0.433 e. The van der Waals surface area contributed by atoms with Gasteiger partial charge in [0.25, 0.3) is 0 Å². The summed E-state index contributed by atoms with van der Waals surface area (Å²) in [6.07, 6.45) is 0.137. The third-order valence-corrected chi connectivity index (χ3v) is 8.81. The van der Waals surface area contributed by atoms with Gasteiger partial charge in [0.2, 0.25) is 5.91 Å². The number of alkyl halides is 3. The highest BCUT2D eigenvalue weighted by Gasteiger charge is 2.60. The van der Waals surface area contributed by atoms with E-state index in [0.29, 0.717) is 39.3 Å². The van der Waals surface area contributed by atoms with Crippen molar-refractivity contribution in [3.63, 3.8) is 0 Å². The van der Waals surface area contributed by atoms with E-state index in [1.807, 2.05) is 9.80 Å². The van der Waals surface area contributed by atoms with E-state index in [2.05, 4.69) is 15.3 Å². The van der Waals surface area contributed by atoms with E-state index < -0.39 is 17.3 Å². The van der Waals surface area contributed by atoms with Crippen LogP contribution in [0.3, 0.4) is 0 Å². The summed E-state index contributed by atoms with van der Waals surface area (Å²) in [4.78, 5) is 25.3. The Morgan fingerprint density at radius 2 is 2.08 bits per heavy atom. The molecule has 5 aliphatic rings. The van der Waals surface area contributed by atoms with Crippen LogP contribution in [0.15, 0.2) is 12.4 Å². The molecule has 4 aliphatic heterocycles. The lowest BCUT2D eigenvalue weighted by molar-refractivity contribution is -0.145. The molecule has 1 amide bonds. The van der Waals surface area contributed by atoms with Crippen LogP contribution in [0.2, 0.25) is 0 Å². The van der Waals surface area contributed by atoms with Crippen molar-refractivity contribution >= 4 is 11.7 Å². The number of likely N-dealkylation sites (tertiary alicyclic amines) is 1. The number of aromatic nitrogens is 2. The molecule has 1 aromatic heterocycles. The lowest BCUT2D eigenvalue weighted by Crippen LogP contribution is -2.55. The lowest BCUT2D eigenvalue weighted by Gasteiger charge is -2.39. The van der Waals surface area contributed by atoms with Crippen LogP contribution < -0.4 is 10.2 Å². The molecule has 4 saturated heterocycles. The molecule has 0 aromatic carbocycles. The molecule has 7 atom stereocenters. The minimum absolute atomic E-state index is 0.00767. The van der Waals surface area contributed by atoms with Crippen molar-refractivity contribution in [3.05, 3.63) is 18.1 Å². The predicted molar refractivity (Wildman–Crippen MR) is 121 cm³/mol. The highest BCUT2D eigenvalue weighted by atomic mass is 19.4. The average molecular weight is 512 g/mol. The van der Waals surface area contributed by atoms with E-state index in [-0.39, 0.29) is 48.1 Å². The fraction of sp³-hybridized carbons (Fsp3) is 0.792. The molecule has 4 unspecified atom stereocenters. The maximum absolute atomic E-state index is 14.0. The normalized spacial score (nSPS) is 38.1. The molecule has 2 bridgehead atoms. The molecule has 6 rings (SSSR count). The Balaban J connectivity index is 1.13. The van der Waals surface area contributed by atoms with E-state index in [0.717, 1.165) is 38.1 Å². The number of fused-ring (bicyclic) bond motifs is 3. The summed E-state index contributed by atoms with van der Waals surface area (Å²) in [5.74, 6) is 0.404. The first-order chi connectivity index (χ1) is 17.3. The van der Waals surface area contributed by atoms with Crippen molar-refractivity contribution in [2.45, 2.75) is 74.7 Å². The third-order valence-electron chi connectivity index (χ3n) is 8.81. The Bertz CT molecular complexity index is 999. The van der Waals surface area contributed by atoms with E-state index >= 15 is 0 Å². The van der Waals surface area contributed by atoms with Gasteiger partial charge in [0.05, 0.1) is 36.3 Å². The van der Waals surface area contributed by atoms with Gasteiger partial charge in [-0.05, 0) is 32.1 Å². The highest BCUT2D eigenvalue weighted by Crippen LogP contribution is 2.50. The quantitative estimate of drug-likeness (QED) is 0.638. The van der Waals surface area contributed by atoms with Gasteiger partial charge in [0.1, 0.15) is 17.8 Å². The second-order valence-corrected chi connectivity index (χ2v) is 10.7. The number of halogens is 3. The molecule has 36 heavy (non-hydrogen) atoms. The summed E-state index contributed by atoms with van der Waals surface area (Å²) in [7, 11) is 1.70. The SMILES string of the molecule is COC1COCCC1N[C@@H]1C[C@H]2OCC[C@@]2(C(=O)N2CC3CC2CN3c2cc(C(F)(F)F)ncn2)C1. The first-order valence-electron chi connectivity index (χ1n) is 12.7. The van der Waals surface area contributed by atoms with Gasteiger partial charge in [0, 0.05) is 51.6 Å². The van der Waals surface area contributed by atoms with E-state index in [1.165, 1.54) is 0 Å². The van der Waals surface area contributed by atoms with Crippen molar-refractivity contribution in [2.75, 3.05) is 44.9 Å². The first kappa shape index (κ1) is 24.3. The number of anilines is 1. The number of nitrogens with zero attached hydrogens (tertiary/aromatic N) is 4. The number of piperazine rings is 1. The summed E-state index contributed by atoms with van der Waals surface area (Å²) >= 11 is 0. The fourth-order valence-corrected chi connectivity index (χ4v) is 7.05. The number of ether oxygens (including phenoxy) is 3. The van der Waals surface area contributed by atoms with Crippen LogP contribution in [0.1, 0.15) is 37.8 Å². The summed E-state index contributed by atoms with van der Waals surface area (Å²) in [6.45, 7) is 2.81. The van der Waals surface area contributed by atoms with Crippen molar-refractivity contribution in [2.24, 2.45) is 5.41 Å². The number of methoxy groups -OCH3 is 1. The number of carbonyl (C=O) groups excluding carboxylic acids is 1. The number of carbonyl (C=O) groups is 1. The molecule has 9 nitrogen and oxygen atoms in total. The summed E-state index contributed by atoms with van der Waals surface area (Å²) in [6, 6.07) is 1.27. The molecule has 0 spiro atoms. The van der Waals surface area contributed by atoms with Crippen molar-refractivity contribution in [3.8, 4) is 0 Å². The summed E-state index contributed by atoms with van der Waals surface area (Å²) in [5, 5.41) is 3.73. The molecule has 0 radical (unpaired) electrons. The van der Waals surface area contributed by atoms with E-state index in [1.54, 1.807) is 7.11 Å². The number of hydrogen-bond acceptors (Lipinski definition) is 8. The Kier molecular flexibility index (Phi) is 6.13. The van der Waals surface area contributed by atoms with Crippen LogP contribution in [-0.2, 0) is 25.2 Å². The highest BCUT2D eigenvalue weighted by molar-refractivity contribution is 5.85. The molecule has 1 aliphatic carbocycles. The van der Waals surface area contributed by atoms with Crippen LogP contribution in [0.5, 0.6) is 0 Å². The zero-order valence-electron chi connectivity index (χ0n) is 20.2. The first-order valence-corrected chi connectivity index (χ1v) is 12.7. The number of hydrogen-bond donors (Lipinski definition) is 1. The van der Waals surface area contributed by atoms with Crippen molar-refractivity contribution < 1.29 is 32.2 Å². The predicted octanol–water partition coefficient (Wildman–Crippen LogP) is 1.62. The number of rotatable bonds is 5. The van der Waals surface area contributed by atoms with Gasteiger partial charge >= 0.3 is 6.18 Å². The van der Waals surface area contributed by atoms with Crippen molar-refractivity contribution in [1.29, 1.82) is 0 Å². The van der Waals surface area contributed by atoms with Gasteiger partial charge in [-0.25, -0.2) is 9.97 Å². The molecular formula is C24H32F3N5O4. The average Bonchev–Trinajstić information content (AvgIpc) is 3.63. The maximum atomic E-state index is 14.0. The lowest BCUT2D eigenvalue weighted by atomic mass is 9.80.